The number of carboxylic acids is 1. The predicted molar refractivity (Wildman–Crippen MR) is 70.8 cm³/mol. The first-order valence-electron chi connectivity index (χ1n) is 6.95. The third kappa shape index (κ3) is 5.46. The lowest BCUT2D eigenvalue weighted by atomic mass is 9.97. The summed E-state index contributed by atoms with van der Waals surface area (Å²) in [7, 11) is 0. The highest BCUT2D eigenvalue weighted by Gasteiger charge is 2.24. The van der Waals surface area contributed by atoms with E-state index in [0.717, 1.165) is 19.3 Å². The summed E-state index contributed by atoms with van der Waals surface area (Å²) in [4.78, 5) is 22.7. The van der Waals surface area contributed by atoms with Crippen LogP contribution in [-0.4, -0.2) is 40.9 Å². The van der Waals surface area contributed by atoms with E-state index in [1.165, 1.54) is 12.8 Å². The number of rotatable bonds is 5. The Labute approximate surface area is 113 Å². The Morgan fingerprint density at radius 3 is 2.58 bits per heavy atom. The third-order valence-electron chi connectivity index (χ3n) is 3.70. The van der Waals surface area contributed by atoms with Crippen molar-refractivity contribution in [3.63, 3.8) is 0 Å². The van der Waals surface area contributed by atoms with Crippen LogP contribution in [0.3, 0.4) is 0 Å². The van der Waals surface area contributed by atoms with Crippen molar-refractivity contribution in [1.29, 1.82) is 0 Å². The molecule has 1 rings (SSSR count). The van der Waals surface area contributed by atoms with Crippen molar-refractivity contribution in [2.24, 2.45) is 5.92 Å². The Bertz CT molecular complexity index is 309. The average molecular weight is 272 g/mol. The van der Waals surface area contributed by atoms with E-state index in [4.69, 9.17) is 10.2 Å². The van der Waals surface area contributed by atoms with Crippen LogP contribution in [0.25, 0.3) is 0 Å². The fraction of sp³-hybridized carbons (Fsp3) is 0.846. The number of aliphatic hydroxyl groups is 1. The van der Waals surface area contributed by atoms with Gasteiger partial charge in [-0.15, -0.1) is 0 Å². The van der Waals surface area contributed by atoms with Gasteiger partial charge in [0.05, 0.1) is 0 Å². The summed E-state index contributed by atoms with van der Waals surface area (Å²) in [6.45, 7) is 1.84. The highest BCUT2D eigenvalue weighted by atomic mass is 16.4. The van der Waals surface area contributed by atoms with Crippen molar-refractivity contribution in [2.45, 2.75) is 57.5 Å². The van der Waals surface area contributed by atoms with Crippen LogP contribution in [0.5, 0.6) is 0 Å². The van der Waals surface area contributed by atoms with Gasteiger partial charge < -0.3 is 20.8 Å². The van der Waals surface area contributed by atoms with Crippen molar-refractivity contribution in [1.82, 2.24) is 10.6 Å². The van der Waals surface area contributed by atoms with E-state index in [2.05, 4.69) is 17.6 Å². The van der Waals surface area contributed by atoms with E-state index in [1.807, 2.05) is 0 Å². The number of carbonyl (C=O) groups excluding carboxylic acids is 1. The zero-order valence-electron chi connectivity index (χ0n) is 11.4. The summed E-state index contributed by atoms with van der Waals surface area (Å²) in [6.07, 6.45) is 5.50. The first kappa shape index (κ1) is 15.8. The maximum atomic E-state index is 11.8. The molecule has 110 valence electrons. The van der Waals surface area contributed by atoms with Crippen molar-refractivity contribution < 1.29 is 19.8 Å². The van der Waals surface area contributed by atoms with Crippen LogP contribution < -0.4 is 10.6 Å². The van der Waals surface area contributed by atoms with Gasteiger partial charge >= 0.3 is 12.0 Å². The number of hydrogen-bond donors (Lipinski definition) is 4. The lowest BCUT2D eigenvalue weighted by Crippen LogP contribution is -2.50. The fourth-order valence-corrected chi connectivity index (χ4v) is 2.46. The van der Waals surface area contributed by atoms with E-state index < -0.39 is 18.0 Å². The molecule has 0 bridgehead atoms. The standard InChI is InChI=1S/C13H24N2O4/c1-9-5-3-2-4-6-10(9)14-13(19)15-11(7-8-16)12(17)18/h9-11,16H,2-8H2,1H3,(H,17,18)(H2,14,15,19)/t9?,10?,11-/m0/s1. The Balaban J connectivity index is 2.46. The molecule has 6 heteroatoms. The van der Waals surface area contributed by atoms with Crippen molar-refractivity contribution >= 4 is 12.0 Å². The SMILES string of the molecule is CC1CCCCCC1NC(=O)N[C@@H](CCO)C(=O)O. The van der Waals surface area contributed by atoms with Gasteiger partial charge in [-0.05, 0) is 18.8 Å². The summed E-state index contributed by atoms with van der Waals surface area (Å²) in [5, 5.41) is 22.9. The number of aliphatic hydroxyl groups excluding tert-OH is 1. The molecule has 4 N–H and O–H groups in total. The molecular weight excluding hydrogens is 248 g/mol. The maximum Gasteiger partial charge on any atom is 0.326 e. The summed E-state index contributed by atoms with van der Waals surface area (Å²) in [5.74, 6) is -0.715. The second kappa shape index (κ2) is 7.99. The van der Waals surface area contributed by atoms with E-state index in [-0.39, 0.29) is 19.1 Å². The first-order valence-corrected chi connectivity index (χ1v) is 6.95. The van der Waals surface area contributed by atoms with Crippen molar-refractivity contribution in [3.05, 3.63) is 0 Å². The third-order valence-corrected chi connectivity index (χ3v) is 3.70. The van der Waals surface area contributed by atoms with Gasteiger partial charge in [0, 0.05) is 19.1 Å². The van der Waals surface area contributed by atoms with Crippen molar-refractivity contribution in [2.75, 3.05) is 6.61 Å². The fourth-order valence-electron chi connectivity index (χ4n) is 2.46. The number of hydrogen-bond acceptors (Lipinski definition) is 3. The molecule has 6 nitrogen and oxygen atoms in total. The van der Waals surface area contributed by atoms with Crippen LogP contribution in [0.4, 0.5) is 4.79 Å². The Hall–Kier alpha value is -1.30. The van der Waals surface area contributed by atoms with Crippen LogP contribution in [0, 0.1) is 5.92 Å². The smallest absolute Gasteiger partial charge is 0.326 e. The molecule has 19 heavy (non-hydrogen) atoms. The molecular formula is C13H24N2O4. The van der Waals surface area contributed by atoms with Crippen LogP contribution in [0.1, 0.15) is 45.4 Å². The minimum atomic E-state index is -1.13. The topological polar surface area (TPSA) is 98.7 Å². The summed E-state index contributed by atoms with van der Waals surface area (Å²) in [5.41, 5.74) is 0. The molecule has 0 aliphatic heterocycles. The van der Waals surface area contributed by atoms with Gasteiger partial charge in [-0.2, -0.15) is 0 Å². The first-order chi connectivity index (χ1) is 9.04. The average Bonchev–Trinajstić information content (AvgIpc) is 2.54. The van der Waals surface area contributed by atoms with Crippen LogP contribution in [0.15, 0.2) is 0 Å². The summed E-state index contributed by atoms with van der Waals surface area (Å²) in [6, 6.07) is -1.39. The normalized spacial score (nSPS) is 25.2. The van der Waals surface area contributed by atoms with Crippen LogP contribution >= 0.6 is 0 Å². The van der Waals surface area contributed by atoms with Gasteiger partial charge in [0.25, 0.3) is 0 Å². The van der Waals surface area contributed by atoms with E-state index in [1.54, 1.807) is 0 Å². The molecule has 0 heterocycles. The molecule has 1 saturated carbocycles. The molecule has 0 spiro atoms. The van der Waals surface area contributed by atoms with Gasteiger partial charge in [-0.1, -0.05) is 26.2 Å². The number of carbonyl (C=O) groups is 2. The molecule has 0 aromatic carbocycles. The highest BCUT2D eigenvalue weighted by Crippen LogP contribution is 2.22. The van der Waals surface area contributed by atoms with E-state index >= 15 is 0 Å². The molecule has 1 aliphatic rings. The number of urea groups is 1. The summed E-state index contributed by atoms with van der Waals surface area (Å²) >= 11 is 0. The lowest BCUT2D eigenvalue weighted by molar-refractivity contribution is -0.139. The molecule has 1 fully saturated rings. The largest absolute Gasteiger partial charge is 0.480 e. The highest BCUT2D eigenvalue weighted by molar-refractivity contribution is 5.82. The molecule has 0 aromatic rings. The molecule has 2 unspecified atom stereocenters. The molecule has 0 aromatic heterocycles. The molecule has 1 aliphatic carbocycles. The van der Waals surface area contributed by atoms with Gasteiger partial charge in [-0.25, -0.2) is 9.59 Å². The van der Waals surface area contributed by atoms with Crippen LogP contribution in [0.2, 0.25) is 0 Å². The summed E-state index contributed by atoms with van der Waals surface area (Å²) < 4.78 is 0. The minimum absolute atomic E-state index is 0.0168. The van der Waals surface area contributed by atoms with Crippen LogP contribution in [-0.2, 0) is 4.79 Å². The molecule has 0 saturated heterocycles. The quantitative estimate of drug-likeness (QED) is 0.563. The zero-order valence-corrected chi connectivity index (χ0v) is 11.4. The van der Waals surface area contributed by atoms with Gasteiger partial charge in [0.1, 0.15) is 6.04 Å². The predicted octanol–water partition coefficient (Wildman–Crippen LogP) is 1.09. The monoisotopic (exact) mass is 272 g/mol. The Kier molecular flexibility index (Phi) is 6.62. The number of nitrogens with one attached hydrogen (secondary N) is 2. The molecule has 2 amide bonds. The van der Waals surface area contributed by atoms with Crippen molar-refractivity contribution in [3.8, 4) is 0 Å². The van der Waals surface area contributed by atoms with E-state index in [0.29, 0.717) is 5.92 Å². The Morgan fingerprint density at radius 2 is 1.95 bits per heavy atom. The van der Waals surface area contributed by atoms with E-state index in [9.17, 15) is 9.59 Å². The van der Waals surface area contributed by atoms with Gasteiger partial charge in [0.2, 0.25) is 0 Å². The number of amides is 2. The van der Waals surface area contributed by atoms with Gasteiger partial charge in [0.15, 0.2) is 0 Å². The van der Waals surface area contributed by atoms with Gasteiger partial charge in [-0.3, -0.25) is 0 Å². The molecule has 3 atom stereocenters. The molecule has 0 radical (unpaired) electrons. The lowest BCUT2D eigenvalue weighted by Gasteiger charge is -2.24. The second-order valence-electron chi connectivity index (χ2n) is 5.24. The minimum Gasteiger partial charge on any atom is -0.480 e. The zero-order chi connectivity index (χ0) is 14.3. The second-order valence-corrected chi connectivity index (χ2v) is 5.24. The number of carboxylic acid groups (broad SMARTS) is 1. The number of aliphatic carboxylic acids is 1. The Morgan fingerprint density at radius 1 is 1.26 bits per heavy atom. The maximum absolute atomic E-state index is 11.8.